The van der Waals surface area contributed by atoms with E-state index in [1.807, 2.05) is 18.2 Å². The molecule has 0 radical (unpaired) electrons. The van der Waals surface area contributed by atoms with Crippen LogP contribution in [0.25, 0.3) is 10.8 Å². The predicted molar refractivity (Wildman–Crippen MR) is 128 cm³/mol. The maximum Gasteiger partial charge on any atom is 0.221 e. The van der Waals surface area contributed by atoms with Gasteiger partial charge in [0.15, 0.2) is 11.5 Å². The van der Waals surface area contributed by atoms with Gasteiger partial charge in [-0.3, -0.25) is 9.69 Å². The molecule has 1 amide bonds. The van der Waals surface area contributed by atoms with Gasteiger partial charge in [-0.05, 0) is 53.3 Å². The monoisotopic (exact) mass is 432 g/mol. The standard InChI is InChI=1S/C27H32N2O3/c1-31-25-13-10-20(18-26(25)32-2)14-16-28-27(30)15-17-29(23-11-12-23)19-22-8-5-7-21-6-3-4-9-24(21)22/h3-10,13,18,23H,11-12,14-17,19H2,1-2H3,(H,28,30). The summed E-state index contributed by atoms with van der Waals surface area (Å²) in [6, 6.07) is 21.5. The van der Waals surface area contributed by atoms with Gasteiger partial charge >= 0.3 is 0 Å². The van der Waals surface area contributed by atoms with Crippen LogP contribution in [0.5, 0.6) is 11.5 Å². The summed E-state index contributed by atoms with van der Waals surface area (Å²) in [5, 5.41) is 5.65. The van der Waals surface area contributed by atoms with Crippen molar-refractivity contribution in [2.75, 3.05) is 27.3 Å². The highest BCUT2D eigenvalue weighted by Gasteiger charge is 2.29. The second kappa shape index (κ2) is 10.5. The van der Waals surface area contributed by atoms with Crippen molar-refractivity contribution in [2.24, 2.45) is 0 Å². The van der Waals surface area contributed by atoms with Crippen LogP contribution in [0.1, 0.15) is 30.4 Å². The van der Waals surface area contributed by atoms with E-state index in [-0.39, 0.29) is 5.91 Å². The number of hydrogen-bond donors (Lipinski definition) is 1. The van der Waals surface area contributed by atoms with Gasteiger partial charge in [0, 0.05) is 32.1 Å². The van der Waals surface area contributed by atoms with E-state index in [4.69, 9.17) is 9.47 Å². The lowest BCUT2D eigenvalue weighted by molar-refractivity contribution is -0.121. The molecule has 5 heteroatoms. The smallest absolute Gasteiger partial charge is 0.221 e. The van der Waals surface area contributed by atoms with Crippen LogP contribution in [0.4, 0.5) is 0 Å². The molecule has 32 heavy (non-hydrogen) atoms. The van der Waals surface area contributed by atoms with Crippen LogP contribution in [-0.2, 0) is 17.8 Å². The maximum absolute atomic E-state index is 12.5. The van der Waals surface area contributed by atoms with E-state index < -0.39 is 0 Å². The molecule has 4 rings (SSSR count). The molecule has 0 aliphatic heterocycles. The van der Waals surface area contributed by atoms with Crippen LogP contribution < -0.4 is 14.8 Å². The van der Waals surface area contributed by atoms with Crippen LogP contribution in [0, 0.1) is 0 Å². The van der Waals surface area contributed by atoms with Gasteiger partial charge in [-0.2, -0.15) is 0 Å². The molecule has 1 saturated carbocycles. The summed E-state index contributed by atoms with van der Waals surface area (Å²) in [6.07, 6.45) is 3.74. The first-order valence-corrected chi connectivity index (χ1v) is 11.4. The molecular formula is C27H32N2O3. The highest BCUT2D eigenvalue weighted by molar-refractivity contribution is 5.85. The molecule has 168 valence electrons. The maximum atomic E-state index is 12.5. The van der Waals surface area contributed by atoms with Crippen molar-refractivity contribution in [1.29, 1.82) is 0 Å². The van der Waals surface area contributed by atoms with Gasteiger partial charge in [0.2, 0.25) is 5.91 Å². The normalized spacial score (nSPS) is 13.3. The van der Waals surface area contributed by atoms with Crippen molar-refractivity contribution in [3.05, 3.63) is 71.8 Å². The van der Waals surface area contributed by atoms with E-state index >= 15 is 0 Å². The Bertz CT molecular complexity index is 1060. The van der Waals surface area contributed by atoms with E-state index in [9.17, 15) is 4.79 Å². The Morgan fingerprint density at radius 1 is 1.00 bits per heavy atom. The fourth-order valence-corrected chi connectivity index (χ4v) is 4.20. The highest BCUT2D eigenvalue weighted by atomic mass is 16.5. The quantitative estimate of drug-likeness (QED) is 0.482. The molecule has 1 aliphatic rings. The molecule has 1 N–H and O–H groups in total. The third-order valence-electron chi connectivity index (χ3n) is 6.13. The van der Waals surface area contributed by atoms with E-state index in [0.717, 1.165) is 25.1 Å². The van der Waals surface area contributed by atoms with Crippen LogP contribution >= 0.6 is 0 Å². The minimum Gasteiger partial charge on any atom is -0.493 e. The Morgan fingerprint density at radius 2 is 1.78 bits per heavy atom. The van der Waals surface area contributed by atoms with Crippen LogP contribution in [0.3, 0.4) is 0 Å². The molecule has 1 aliphatic carbocycles. The number of rotatable bonds is 11. The molecule has 0 heterocycles. The van der Waals surface area contributed by atoms with Crippen molar-refractivity contribution in [2.45, 2.75) is 38.3 Å². The van der Waals surface area contributed by atoms with Crippen LogP contribution in [0.2, 0.25) is 0 Å². The molecule has 3 aromatic rings. The lowest BCUT2D eigenvalue weighted by Gasteiger charge is -2.22. The summed E-state index contributed by atoms with van der Waals surface area (Å²) in [5.74, 6) is 1.53. The Hall–Kier alpha value is -3.05. The number of methoxy groups -OCH3 is 2. The minimum atomic E-state index is 0.106. The average Bonchev–Trinajstić information content (AvgIpc) is 3.67. The summed E-state index contributed by atoms with van der Waals surface area (Å²) in [6.45, 7) is 2.29. The number of amides is 1. The first-order chi connectivity index (χ1) is 15.7. The highest BCUT2D eigenvalue weighted by Crippen LogP contribution is 2.30. The number of ether oxygens (including phenoxy) is 2. The lowest BCUT2D eigenvalue weighted by atomic mass is 10.0. The molecule has 0 aromatic heterocycles. The minimum absolute atomic E-state index is 0.106. The third-order valence-corrected chi connectivity index (χ3v) is 6.13. The van der Waals surface area contributed by atoms with Crippen molar-refractivity contribution >= 4 is 16.7 Å². The van der Waals surface area contributed by atoms with Crippen molar-refractivity contribution < 1.29 is 14.3 Å². The number of carbonyl (C=O) groups excluding carboxylic acids is 1. The van der Waals surface area contributed by atoms with Gasteiger partial charge < -0.3 is 14.8 Å². The summed E-state index contributed by atoms with van der Waals surface area (Å²) in [7, 11) is 3.26. The SMILES string of the molecule is COc1ccc(CCNC(=O)CCN(Cc2cccc3ccccc23)C2CC2)cc1OC. The molecule has 3 aromatic carbocycles. The molecular weight excluding hydrogens is 400 g/mol. The fraction of sp³-hybridized carbons (Fsp3) is 0.370. The van der Waals surface area contributed by atoms with Gasteiger partial charge in [-0.15, -0.1) is 0 Å². The van der Waals surface area contributed by atoms with E-state index in [0.29, 0.717) is 30.5 Å². The number of carbonyl (C=O) groups is 1. The number of benzene rings is 3. The number of hydrogen-bond acceptors (Lipinski definition) is 4. The molecule has 0 spiro atoms. The van der Waals surface area contributed by atoms with Gasteiger partial charge in [-0.25, -0.2) is 0 Å². The summed E-state index contributed by atoms with van der Waals surface area (Å²) in [5.41, 5.74) is 2.45. The lowest BCUT2D eigenvalue weighted by Crippen LogP contribution is -2.32. The first-order valence-electron chi connectivity index (χ1n) is 11.4. The summed E-state index contributed by atoms with van der Waals surface area (Å²) < 4.78 is 10.6. The van der Waals surface area contributed by atoms with Gasteiger partial charge in [0.25, 0.3) is 0 Å². The Kier molecular flexibility index (Phi) is 7.28. The largest absolute Gasteiger partial charge is 0.493 e. The molecule has 0 bridgehead atoms. The molecule has 0 atom stereocenters. The Balaban J connectivity index is 1.28. The van der Waals surface area contributed by atoms with Gasteiger partial charge in [0.1, 0.15) is 0 Å². The summed E-state index contributed by atoms with van der Waals surface area (Å²) >= 11 is 0. The third kappa shape index (κ3) is 5.60. The van der Waals surface area contributed by atoms with Crippen molar-refractivity contribution in [3.8, 4) is 11.5 Å². The van der Waals surface area contributed by atoms with Crippen molar-refractivity contribution in [1.82, 2.24) is 10.2 Å². The Labute approximate surface area is 190 Å². The first kappa shape index (κ1) is 22.2. The second-order valence-electron chi connectivity index (χ2n) is 8.38. The van der Waals surface area contributed by atoms with Gasteiger partial charge in [-0.1, -0.05) is 48.5 Å². The summed E-state index contributed by atoms with van der Waals surface area (Å²) in [4.78, 5) is 15.0. The van der Waals surface area contributed by atoms with Crippen LogP contribution in [0.15, 0.2) is 60.7 Å². The molecule has 5 nitrogen and oxygen atoms in total. The second-order valence-corrected chi connectivity index (χ2v) is 8.38. The predicted octanol–water partition coefficient (Wildman–Crippen LogP) is 4.57. The van der Waals surface area contributed by atoms with E-state index in [1.54, 1.807) is 14.2 Å². The fourth-order valence-electron chi connectivity index (χ4n) is 4.20. The molecule has 1 fully saturated rings. The Morgan fingerprint density at radius 3 is 2.56 bits per heavy atom. The zero-order valence-electron chi connectivity index (χ0n) is 19.0. The molecule has 0 saturated heterocycles. The number of nitrogens with zero attached hydrogens (tertiary/aromatic N) is 1. The molecule has 0 unspecified atom stereocenters. The number of nitrogens with one attached hydrogen (secondary N) is 1. The van der Waals surface area contributed by atoms with E-state index in [2.05, 4.69) is 52.7 Å². The number of fused-ring (bicyclic) bond motifs is 1. The zero-order valence-corrected chi connectivity index (χ0v) is 19.0. The van der Waals surface area contributed by atoms with E-state index in [1.165, 1.54) is 29.2 Å². The zero-order chi connectivity index (χ0) is 22.3. The van der Waals surface area contributed by atoms with Crippen molar-refractivity contribution in [3.63, 3.8) is 0 Å². The van der Waals surface area contributed by atoms with Crippen LogP contribution in [-0.4, -0.2) is 44.2 Å². The topological polar surface area (TPSA) is 50.8 Å². The van der Waals surface area contributed by atoms with Gasteiger partial charge in [0.05, 0.1) is 14.2 Å². The average molecular weight is 433 g/mol.